The Hall–Kier alpha value is -0.790. The molecule has 0 N–H and O–H groups in total. The number of hydrogen-bond donors (Lipinski definition) is 0. The van der Waals surface area contributed by atoms with Crippen molar-refractivity contribution < 1.29 is 9.53 Å². The third kappa shape index (κ3) is 11.1. The monoisotopic (exact) mass is 212 g/mol. The van der Waals surface area contributed by atoms with Gasteiger partial charge in [0.25, 0.3) is 0 Å². The van der Waals surface area contributed by atoms with E-state index < -0.39 is 0 Å². The molecule has 0 spiro atoms. The van der Waals surface area contributed by atoms with E-state index >= 15 is 0 Å². The van der Waals surface area contributed by atoms with Gasteiger partial charge >= 0.3 is 5.97 Å². The van der Waals surface area contributed by atoms with Gasteiger partial charge in [0.1, 0.15) is 6.61 Å². The van der Waals surface area contributed by atoms with Crippen molar-refractivity contribution in [3.05, 3.63) is 12.2 Å². The third-order valence-corrected chi connectivity index (χ3v) is 2.22. The van der Waals surface area contributed by atoms with Gasteiger partial charge in [-0.15, -0.1) is 0 Å². The van der Waals surface area contributed by atoms with Crippen LogP contribution in [0.3, 0.4) is 0 Å². The van der Waals surface area contributed by atoms with Crippen LogP contribution in [0.2, 0.25) is 0 Å². The van der Waals surface area contributed by atoms with Crippen molar-refractivity contribution in [3.8, 4) is 0 Å². The summed E-state index contributed by atoms with van der Waals surface area (Å²) in [6, 6.07) is 0. The number of esters is 1. The Morgan fingerprint density at radius 3 is 2.47 bits per heavy atom. The SMILES string of the molecule is CCCCC/C=C/COC(=O)CCCC. The molecule has 0 unspecified atom stereocenters. The molecule has 0 aliphatic rings. The van der Waals surface area contributed by atoms with Crippen LogP contribution in [0.5, 0.6) is 0 Å². The molecule has 0 rings (SSSR count). The average Bonchev–Trinajstić information content (AvgIpc) is 2.25. The lowest BCUT2D eigenvalue weighted by Gasteiger charge is -2.00. The molecular weight excluding hydrogens is 188 g/mol. The number of ether oxygens (including phenoxy) is 1. The molecule has 0 aliphatic heterocycles. The zero-order chi connectivity index (χ0) is 11.4. The summed E-state index contributed by atoms with van der Waals surface area (Å²) >= 11 is 0. The second-order valence-corrected chi connectivity index (χ2v) is 3.75. The van der Waals surface area contributed by atoms with Crippen LogP contribution in [0.4, 0.5) is 0 Å². The molecular formula is C13H24O2. The van der Waals surface area contributed by atoms with Gasteiger partial charge in [-0.25, -0.2) is 0 Å². The van der Waals surface area contributed by atoms with Crippen LogP contribution in [0.25, 0.3) is 0 Å². The Labute approximate surface area is 93.7 Å². The molecule has 0 aromatic rings. The molecule has 0 saturated heterocycles. The molecule has 0 heterocycles. The van der Waals surface area contributed by atoms with Crippen molar-refractivity contribution in [1.29, 1.82) is 0 Å². The number of unbranched alkanes of at least 4 members (excludes halogenated alkanes) is 4. The van der Waals surface area contributed by atoms with Gasteiger partial charge < -0.3 is 4.74 Å². The fraction of sp³-hybridized carbons (Fsp3) is 0.769. The van der Waals surface area contributed by atoms with Crippen LogP contribution in [-0.2, 0) is 9.53 Å². The molecule has 15 heavy (non-hydrogen) atoms. The molecule has 0 aromatic heterocycles. The lowest BCUT2D eigenvalue weighted by molar-refractivity contribution is -0.142. The maximum atomic E-state index is 11.1. The van der Waals surface area contributed by atoms with E-state index in [1.807, 2.05) is 6.08 Å². The summed E-state index contributed by atoms with van der Waals surface area (Å²) in [5, 5.41) is 0. The lowest BCUT2D eigenvalue weighted by Crippen LogP contribution is -2.03. The van der Waals surface area contributed by atoms with E-state index in [4.69, 9.17) is 4.74 Å². The summed E-state index contributed by atoms with van der Waals surface area (Å²) < 4.78 is 5.02. The highest BCUT2D eigenvalue weighted by atomic mass is 16.5. The highest BCUT2D eigenvalue weighted by molar-refractivity contribution is 5.69. The maximum absolute atomic E-state index is 11.1. The van der Waals surface area contributed by atoms with E-state index in [2.05, 4.69) is 19.9 Å². The van der Waals surface area contributed by atoms with E-state index in [9.17, 15) is 4.79 Å². The van der Waals surface area contributed by atoms with Gasteiger partial charge in [0, 0.05) is 6.42 Å². The molecule has 0 aromatic carbocycles. The molecule has 0 atom stereocenters. The van der Waals surface area contributed by atoms with Gasteiger partial charge in [-0.1, -0.05) is 45.3 Å². The Morgan fingerprint density at radius 2 is 1.80 bits per heavy atom. The molecule has 0 radical (unpaired) electrons. The summed E-state index contributed by atoms with van der Waals surface area (Å²) in [4.78, 5) is 11.1. The predicted molar refractivity (Wildman–Crippen MR) is 63.8 cm³/mol. The summed E-state index contributed by atoms with van der Waals surface area (Å²) in [5.74, 6) is -0.0740. The molecule has 2 nitrogen and oxygen atoms in total. The quantitative estimate of drug-likeness (QED) is 0.329. The minimum atomic E-state index is -0.0740. The topological polar surface area (TPSA) is 26.3 Å². The van der Waals surface area contributed by atoms with Crippen molar-refractivity contribution in [2.45, 2.75) is 58.8 Å². The van der Waals surface area contributed by atoms with Crippen LogP contribution in [0.1, 0.15) is 58.8 Å². The average molecular weight is 212 g/mol. The van der Waals surface area contributed by atoms with Gasteiger partial charge in [0.2, 0.25) is 0 Å². The van der Waals surface area contributed by atoms with E-state index in [0.29, 0.717) is 13.0 Å². The first-order valence-corrected chi connectivity index (χ1v) is 6.11. The summed E-state index contributed by atoms with van der Waals surface area (Å²) in [6.07, 6.45) is 11.4. The number of carbonyl (C=O) groups excluding carboxylic acids is 1. The van der Waals surface area contributed by atoms with Crippen molar-refractivity contribution in [3.63, 3.8) is 0 Å². The zero-order valence-corrected chi connectivity index (χ0v) is 10.1. The van der Waals surface area contributed by atoms with E-state index in [1.165, 1.54) is 19.3 Å². The summed E-state index contributed by atoms with van der Waals surface area (Å²) in [5.41, 5.74) is 0. The fourth-order valence-electron chi connectivity index (χ4n) is 1.23. The highest BCUT2D eigenvalue weighted by Gasteiger charge is 1.98. The lowest BCUT2D eigenvalue weighted by atomic mass is 10.2. The largest absolute Gasteiger partial charge is 0.461 e. The van der Waals surface area contributed by atoms with Crippen molar-refractivity contribution >= 4 is 5.97 Å². The minimum absolute atomic E-state index is 0.0740. The van der Waals surface area contributed by atoms with Crippen LogP contribution in [0.15, 0.2) is 12.2 Å². The smallest absolute Gasteiger partial charge is 0.306 e. The Morgan fingerprint density at radius 1 is 1.07 bits per heavy atom. The van der Waals surface area contributed by atoms with Crippen molar-refractivity contribution in [2.24, 2.45) is 0 Å². The molecule has 0 amide bonds. The van der Waals surface area contributed by atoms with Crippen LogP contribution < -0.4 is 0 Å². The summed E-state index contributed by atoms with van der Waals surface area (Å²) in [6.45, 7) is 4.70. The van der Waals surface area contributed by atoms with Crippen LogP contribution in [-0.4, -0.2) is 12.6 Å². The molecule has 0 saturated carbocycles. The predicted octanol–water partition coefficient (Wildman–Crippen LogP) is 3.86. The number of hydrogen-bond acceptors (Lipinski definition) is 2. The van der Waals surface area contributed by atoms with Crippen LogP contribution in [0, 0.1) is 0 Å². The first-order valence-electron chi connectivity index (χ1n) is 6.11. The van der Waals surface area contributed by atoms with Crippen LogP contribution >= 0.6 is 0 Å². The van der Waals surface area contributed by atoms with Gasteiger partial charge in [-0.2, -0.15) is 0 Å². The van der Waals surface area contributed by atoms with Gasteiger partial charge in [0.15, 0.2) is 0 Å². The summed E-state index contributed by atoms with van der Waals surface area (Å²) in [7, 11) is 0. The maximum Gasteiger partial charge on any atom is 0.306 e. The number of rotatable bonds is 9. The van der Waals surface area contributed by atoms with E-state index in [-0.39, 0.29) is 5.97 Å². The Kier molecular flexibility index (Phi) is 10.7. The van der Waals surface area contributed by atoms with Gasteiger partial charge in [-0.3, -0.25) is 4.79 Å². The molecule has 0 fully saturated rings. The molecule has 0 aliphatic carbocycles. The number of allylic oxidation sites excluding steroid dienone is 1. The molecule has 88 valence electrons. The first-order chi connectivity index (χ1) is 7.31. The normalized spacial score (nSPS) is 10.8. The highest BCUT2D eigenvalue weighted by Crippen LogP contribution is 2.00. The van der Waals surface area contributed by atoms with E-state index in [1.54, 1.807) is 0 Å². The Balaban J connectivity index is 3.24. The standard InChI is InChI=1S/C13H24O2/c1-3-5-7-8-9-10-12-15-13(14)11-6-4-2/h9-10H,3-8,11-12H2,1-2H3/b10-9+. The number of carbonyl (C=O) groups is 1. The molecule has 0 bridgehead atoms. The molecule has 2 heteroatoms. The fourth-order valence-corrected chi connectivity index (χ4v) is 1.23. The van der Waals surface area contributed by atoms with Crippen molar-refractivity contribution in [1.82, 2.24) is 0 Å². The van der Waals surface area contributed by atoms with E-state index in [0.717, 1.165) is 19.3 Å². The first kappa shape index (κ1) is 14.2. The zero-order valence-electron chi connectivity index (χ0n) is 10.1. The second-order valence-electron chi connectivity index (χ2n) is 3.75. The van der Waals surface area contributed by atoms with Gasteiger partial charge in [-0.05, 0) is 19.3 Å². The van der Waals surface area contributed by atoms with Gasteiger partial charge in [0.05, 0.1) is 0 Å². The Bertz CT molecular complexity index is 173. The third-order valence-electron chi connectivity index (χ3n) is 2.22. The minimum Gasteiger partial charge on any atom is -0.461 e. The second kappa shape index (κ2) is 11.3. The van der Waals surface area contributed by atoms with Crippen molar-refractivity contribution in [2.75, 3.05) is 6.61 Å².